The monoisotopic (exact) mass is 378 g/mol. The maximum absolute atomic E-state index is 13.4. The fraction of sp³-hybridized carbons (Fsp3) is 0.364. The molecule has 0 spiro atoms. The smallest absolute Gasteiger partial charge is 0.258 e. The van der Waals surface area contributed by atoms with E-state index in [1.807, 2.05) is 60.7 Å². The highest BCUT2D eigenvalue weighted by atomic mass is 16.5. The third kappa shape index (κ3) is 3.87. The summed E-state index contributed by atoms with van der Waals surface area (Å²) >= 11 is 0. The van der Waals surface area contributed by atoms with Gasteiger partial charge in [0.25, 0.3) is 5.91 Å². The Labute approximate surface area is 165 Å². The number of carbonyl (C=O) groups is 1. The Balaban J connectivity index is 1.47. The summed E-state index contributed by atoms with van der Waals surface area (Å²) in [7, 11) is 0. The maximum Gasteiger partial charge on any atom is 0.258 e. The largest absolute Gasteiger partial charge is 0.493 e. The van der Waals surface area contributed by atoms with Crippen molar-refractivity contribution in [3.63, 3.8) is 0 Å². The molecule has 0 bridgehead atoms. The first-order valence-corrected chi connectivity index (χ1v) is 9.88. The average Bonchev–Trinajstić information content (AvgIpc) is 3.26. The first-order valence-electron chi connectivity index (χ1n) is 9.88. The molecule has 1 aliphatic heterocycles. The molecular formula is C22H26N4O2. The van der Waals surface area contributed by atoms with Gasteiger partial charge in [-0.2, -0.15) is 0 Å². The van der Waals surface area contributed by atoms with Crippen LogP contribution in [-0.4, -0.2) is 64.6 Å². The van der Waals surface area contributed by atoms with Gasteiger partial charge in [-0.3, -0.25) is 9.69 Å². The number of fused-ring (bicyclic) bond motifs is 1. The molecule has 6 heteroatoms. The number of amides is 1. The van der Waals surface area contributed by atoms with Crippen LogP contribution in [0.1, 0.15) is 17.3 Å². The van der Waals surface area contributed by atoms with Crippen LogP contribution in [0.5, 0.6) is 5.75 Å². The van der Waals surface area contributed by atoms with E-state index in [0.29, 0.717) is 17.9 Å². The van der Waals surface area contributed by atoms with Gasteiger partial charge in [-0.25, -0.2) is 4.98 Å². The van der Waals surface area contributed by atoms with E-state index in [1.54, 1.807) is 6.20 Å². The molecule has 6 nitrogen and oxygen atoms in total. The van der Waals surface area contributed by atoms with Crippen LogP contribution in [-0.2, 0) is 6.54 Å². The Bertz CT molecular complexity index is 931. The molecule has 0 unspecified atom stereocenters. The Morgan fingerprint density at radius 1 is 1.07 bits per heavy atom. The summed E-state index contributed by atoms with van der Waals surface area (Å²) < 4.78 is 7.88. The van der Waals surface area contributed by atoms with Crippen molar-refractivity contribution >= 4 is 16.7 Å². The van der Waals surface area contributed by atoms with Crippen LogP contribution in [0.3, 0.4) is 0 Å². The zero-order chi connectivity index (χ0) is 19.3. The molecule has 1 saturated heterocycles. The third-order valence-corrected chi connectivity index (χ3v) is 5.30. The molecule has 28 heavy (non-hydrogen) atoms. The highest BCUT2D eigenvalue weighted by Crippen LogP contribution is 2.29. The van der Waals surface area contributed by atoms with Gasteiger partial charge in [-0.1, -0.05) is 30.3 Å². The highest BCUT2D eigenvalue weighted by Gasteiger charge is 2.26. The number of nitrogens with zero attached hydrogens (tertiary/aromatic N) is 4. The lowest BCUT2D eigenvalue weighted by atomic mass is 10.0. The van der Waals surface area contributed by atoms with Crippen LogP contribution < -0.4 is 4.74 Å². The Morgan fingerprint density at radius 3 is 2.64 bits per heavy atom. The van der Waals surface area contributed by atoms with Crippen molar-refractivity contribution in [1.29, 1.82) is 0 Å². The lowest BCUT2D eigenvalue weighted by Crippen LogP contribution is -2.49. The highest BCUT2D eigenvalue weighted by molar-refractivity contribution is 6.09. The summed E-state index contributed by atoms with van der Waals surface area (Å²) in [6.45, 7) is 7.62. The number of rotatable bonds is 6. The van der Waals surface area contributed by atoms with E-state index >= 15 is 0 Å². The summed E-state index contributed by atoms with van der Waals surface area (Å²) in [5.74, 6) is 0.739. The Hall–Kier alpha value is -2.86. The number of ether oxygens (including phenoxy) is 1. The number of imidazole rings is 1. The molecule has 2 heterocycles. The summed E-state index contributed by atoms with van der Waals surface area (Å²) in [6.07, 6.45) is 5.63. The Kier molecular flexibility index (Phi) is 5.58. The molecule has 0 saturated carbocycles. The molecule has 3 aromatic rings. The number of carbonyl (C=O) groups excluding carboxylic acids is 1. The maximum atomic E-state index is 13.4. The second-order valence-electron chi connectivity index (χ2n) is 7.03. The van der Waals surface area contributed by atoms with Gasteiger partial charge < -0.3 is 14.2 Å². The molecule has 4 rings (SSSR count). The molecule has 0 aliphatic carbocycles. The zero-order valence-electron chi connectivity index (χ0n) is 16.3. The molecule has 0 atom stereocenters. The van der Waals surface area contributed by atoms with Gasteiger partial charge in [0.1, 0.15) is 5.75 Å². The van der Waals surface area contributed by atoms with Crippen LogP contribution in [0, 0.1) is 0 Å². The number of hydrogen-bond acceptors (Lipinski definition) is 4. The van der Waals surface area contributed by atoms with Crippen molar-refractivity contribution < 1.29 is 9.53 Å². The summed E-state index contributed by atoms with van der Waals surface area (Å²) in [5, 5.41) is 2.02. The van der Waals surface area contributed by atoms with Crippen molar-refractivity contribution in [1.82, 2.24) is 19.4 Å². The topological polar surface area (TPSA) is 50.6 Å². The van der Waals surface area contributed by atoms with Crippen LogP contribution in [0.15, 0.2) is 55.1 Å². The molecule has 0 radical (unpaired) electrons. The van der Waals surface area contributed by atoms with Crippen molar-refractivity contribution in [3.05, 3.63) is 60.7 Å². The van der Waals surface area contributed by atoms with Gasteiger partial charge in [-0.15, -0.1) is 0 Å². The van der Waals surface area contributed by atoms with E-state index in [-0.39, 0.29) is 5.91 Å². The van der Waals surface area contributed by atoms with Crippen molar-refractivity contribution in [2.75, 3.05) is 39.3 Å². The number of piperazine rings is 1. The number of hydrogen-bond donors (Lipinski definition) is 0. The second-order valence-corrected chi connectivity index (χ2v) is 7.03. The fourth-order valence-electron chi connectivity index (χ4n) is 3.76. The predicted octanol–water partition coefficient (Wildman–Crippen LogP) is 2.89. The summed E-state index contributed by atoms with van der Waals surface area (Å²) in [5.41, 5.74) is 0.687. The summed E-state index contributed by atoms with van der Waals surface area (Å²) in [4.78, 5) is 21.8. The van der Waals surface area contributed by atoms with E-state index < -0.39 is 0 Å². The SMILES string of the molecule is CCOc1ccc2ccccc2c1C(=O)N1CCN(CCn2ccnc2)CC1. The normalized spacial score (nSPS) is 15.1. The van der Waals surface area contributed by atoms with Gasteiger partial charge in [-0.05, 0) is 23.8 Å². The van der Waals surface area contributed by atoms with E-state index in [1.165, 1.54) is 0 Å². The first kappa shape index (κ1) is 18.5. The van der Waals surface area contributed by atoms with E-state index in [4.69, 9.17) is 4.74 Å². The van der Waals surface area contributed by atoms with E-state index in [2.05, 4.69) is 14.5 Å². The molecule has 1 amide bonds. The minimum Gasteiger partial charge on any atom is -0.493 e. The van der Waals surface area contributed by atoms with Crippen LogP contribution >= 0.6 is 0 Å². The minimum atomic E-state index is 0.0644. The van der Waals surface area contributed by atoms with Crippen molar-refractivity contribution in [2.45, 2.75) is 13.5 Å². The van der Waals surface area contributed by atoms with Gasteiger partial charge in [0, 0.05) is 51.7 Å². The van der Waals surface area contributed by atoms with E-state index in [0.717, 1.165) is 50.0 Å². The number of benzene rings is 2. The lowest BCUT2D eigenvalue weighted by Gasteiger charge is -2.35. The first-order chi connectivity index (χ1) is 13.8. The van der Waals surface area contributed by atoms with Gasteiger partial charge in [0.05, 0.1) is 18.5 Å². The molecule has 1 aromatic heterocycles. The molecule has 1 fully saturated rings. The van der Waals surface area contributed by atoms with Crippen molar-refractivity contribution in [3.8, 4) is 5.75 Å². The molecule has 0 N–H and O–H groups in total. The number of aromatic nitrogens is 2. The minimum absolute atomic E-state index is 0.0644. The van der Waals surface area contributed by atoms with Crippen LogP contribution in [0.4, 0.5) is 0 Å². The van der Waals surface area contributed by atoms with Gasteiger partial charge in [0.15, 0.2) is 0 Å². The molecule has 2 aromatic carbocycles. The predicted molar refractivity (Wildman–Crippen MR) is 110 cm³/mol. The molecule has 146 valence electrons. The zero-order valence-corrected chi connectivity index (χ0v) is 16.3. The van der Waals surface area contributed by atoms with Gasteiger partial charge in [0.2, 0.25) is 0 Å². The van der Waals surface area contributed by atoms with Crippen LogP contribution in [0.25, 0.3) is 10.8 Å². The fourth-order valence-corrected chi connectivity index (χ4v) is 3.76. The summed E-state index contributed by atoms with van der Waals surface area (Å²) in [6, 6.07) is 12.0. The molecular weight excluding hydrogens is 352 g/mol. The van der Waals surface area contributed by atoms with Crippen LogP contribution in [0.2, 0.25) is 0 Å². The van der Waals surface area contributed by atoms with Crippen molar-refractivity contribution in [2.24, 2.45) is 0 Å². The second kappa shape index (κ2) is 8.44. The quantitative estimate of drug-likeness (QED) is 0.662. The average molecular weight is 378 g/mol. The lowest BCUT2D eigenvalue weighted by molar-refractivity contribution is 0.0631. The third-order valence-electron chi connectivity index (χ3n) is 5.30. The van der Waals surface area contributed by atoms with Gasteiger partial charge >= 0.3 is 0 Å². The van der Waals surface area contributed by atoms with E-state index in [9.17, 15) is 4.79 Å². The Morgan fingerprint density at radius 2 is 1.89 bits per heavy atom. The standard InChI is InChI=1S/C22H26N4O2/c1-2-28-20-8-7-18-5-3-4-6-19(18)21(20)22(27)26-15-13-24(14-16-26)11-12-25-10-9-23-17-25/h3-10,17H,2,11-16H2,1H3. The molecule has 1 aliphatic rings.